The predicted molar refractivity (Wildman–Crippen MR) is 76.8 cm³/mol. The highest BCUT2D eigenvalue weighted by Crippen LogP contribution is 2.30. The fraction of sp³-hybridized carbons (Fsp3) is 0.200. The molecule has 0 fully saturated rings. The number of benzene rings is 1. The van der Waals surface area contributed by atoms with Gasteiger partial charge in [-0.15, -0.1) is 0 Å². The summed E-state index contributed by atoms with van der Waals surface area (Å²) in [5.41, 5.74) is 4.12. The molecule has 1 aromatic carbocycles. The Labute approximate surface area is 116 Å². The van der Waals surface area contributed by atoms with Crippen molar-refractivity contribution in [3.63, 3.8) is 0 Å². The average Bonchev–Trinajstić information content (AvgIpc) is 2.91. The Hall–Kier alpha value is -2.56. The van der Waals surface area contributed by atoms with E-state index in [0.29, 0.717) is 5.69 Å². The average molecular weight is 269 g/mol. The van der Waals surface area contributed by atoms with Gasteiger partial charge in [0.15, 0.2) is 0 Å². The van der Waals surface area contributed by atoms with Crippen LogP contribution in [0.15, 0.2) is 30.5 Å². The Bertz CT molecular complexity index is 827. The van der Waals surface area contributed by atoms with Gasteiger partial charge in [-0.05, 0) is 24.6 Å². The van der Waals surface area contributed by atoms with Crippen molar-refractivity contribution in [3.8, 4) is 11.3 Å². The van der Waals surface area contributed by atoms with Gasteiger partial charge in [0.1, 0.15) is 5.69 Å². The highest BCUT2D eigenvalue weighted by Gasteiger charge is 2.16. The topological polar surface area (TPSA) is 60.0 Å². The van der Waals surface area contributed by atoms with Crippen LogP contribution in [0, 0.1) is 6.92 Å². The van der Waals surface area contributed by atoms with Gasteiger partial charge in [-0.1, -0.05) is 12.1 Å². The molecule has 20 heavy (non-hydrogen) atoms. The summed E-state index contributed by atoms with van der Waals surface area (Å²) < 4.78 is 3.43. The standard InChI is InChI=1S/C15H15N3O2/c1-9-4-5-10-11(8-17(2)13(10)6-9)12-7-14(15(19)20)18(3)16-12/h4-8H,1-3H3,(H,19,20). The lowest BCUT2D eigenvalue weighted by Crippen LogP contribution is -2.04. The summed E-state index contributed by atoms with van der Waals surface area (Å²) in [6.45, 7) is 2.05. The molecule has 0 spiro atoms. The van der Waals surface area contributed by atoms with E-state index in [9.17, 15) is 4.79 Å². The van der Waals surface area contributed by atoms with Crippen LogP contribution in [0.25, 0.3) is 22.2 Å². The van der Waals surface area contributed by atoms with E-state index in [-0.39, 0.29) is 5.69 Å². The molecule has 0 saturated carbocycles. The zero-order chi connectivity index (χ0) is 14.4. The van der Waals surface area contributed by atoms with E-state index in [1.807, 2.05) is 23.9 Å². The van der Waals surface area contributed by atoms with Crippen LogP contribution in [-0.2, 0) is 14.1 Å². The Morgan fingerprint density at radius 2 is 2.00 bits per heavy atom. The van der Waals surface area contributed by atoms with Gasteiger partial charge >= 0.3 is 5.97 Å². The van der Waals surface area contributed by atoms with Crippen LogP contribution in [0.4, 0.5) is 0 Å². The van der Waals surface area contributed by atoms with Gasteiger partial charge in [-0.25, -0.2) is 4.79 Å². The summed E-state index contributed by atoms with van der Waals surface area (Å²) in [7, 11) is 3.62. The number of carbonyl (C=O) groups is 1. The van der Waals surface area contributed by atoms with Gasteiger partial charge < -0.3 is 9.67 Å². The molecule has 0 aliphatic rings. The molecule has 5 heteroatoms. The summed E-state index contributed by atoms with van der Waals surface area (Å²) in [5.74, 6) is -0.970. The maximum Gasteiger partial charge on any atom is 0.354 e. The molecule has 0 bridgehead atoms. The van der Waals surface area contributed by atoms with Gasteiger partial charge in [0.05, 0.1) is 5.69 Å². The molecule has 102 valence electrons. The number of aromatic carboxylic acids is 1. The van der Waals surface area contributed by atoms with Crippen molar-refractivity contribution in [2.45, 2.75) is 6.92 Å². The first-order valence-electron chi connectivity index (χ1n) is 6.31. The molecule has 2 aromatic heterocycles. The van der Waals surface area contributed by atoms with Gasteiger partial charge in [0, 0.05) is 36.8 Å². The second kappa shape index (κ2) is 4.23. The van der Waals surface area contributed by atoms with Crippen molar-refractivity contribution in [2.24, 2.45) is 14.1 Å². The first-order chi connectivity index (χ1) is 9.47. The third kappa shape index (κ3) is 1.79. The lowest BCUT2D eigenvalue weighted by Gasteiger charge is -1.97. The van der Waals surface area contributed by atoms with E-state index in [2.05, 4.69) is 24.2 Å². The smallest absolute Gasteiger partial charge is 0.354 e. The molecule has 3 aromatic rings. The first kappa shape index (κ1) is 12.5. The summed E-state index contributed by atoms with van der Waals surface area (Å²) in [5, 5.41) is 14.5. The summed E-state index contributed by atoms with van der Waals surface area (Å²) in [6, 6.07) is 7.82. The number of hydrogen-bond donors (Lipinski definition) is 1. The number of rotatable bonds is 2. The van der Waals surface area contributed by atoms with Crippen LogP contribution < -0.4 is 0 Å². The molecule has 1 N–H and O–H groups in total. The van der Waals surface area contributed by atoms with Crippen molar-refractivity contribution >= 4 is 16.9 Å². The number of aromatic nitrogens is 3. The number of hydrogen-bond acceptors (Lipinski definition) is 2. The van der Waals surface area contributed by atoms with E-state index in [1.54, 1.807) is 13.1 Å². The Morgan fingerprint density at radius 3 is 2.65 bits per heavy atom. The third-order valence-corrected chi connectivity index (χ3v) is 3.52. The molecule has 5 nitrogen and oxygen atoms in total. The number of fused-ring (bicyclic) bond motifs is 1. The molecule has 0 unspecified atom stereocenters. The van der Waals surface area contributed by atoms with Crippen LogP contribution in [-0.4, -0.2) is 25.4 Å². The largest absolute Gasteiger partial charge is 0.477 e. The third-order valence-electron chi connectivity index (χ3n) is 3.52. The number of carboxylic acid groups (broad SMARTS) is 1. The van der Waals surface area contributed by atoms with Crippen LogP contribution in [0.5, 0.6) is 0 Å². The number of aryl methyl sites for hydroxylation is 3. The van der Waals surface area contributed by atoms with Gasteiger partial charge in [0.25, 0.3) is 0 Å². The molecule has 0 aliphatic heterocycles. The molecule has 0 saturated heterocycles. The first-order valence-corrected chi connectivity index (χ1v) is 6.31. The Kier molecular flexibility index (Phi) is 2.64. The molecular weight excluding hydrogens is 254 g/mol. The van der Waals surface area contributed by atoms with Crippen molar-refractivity contribution in [3.05, 3.63) is 41.7 Å². The van der Waals surface area contributed by atoms with E-state index < -0.39 is 5.97 Å². The predicted octanol–water partition coefficient (Wildman–Crippen LogP) is 2.59. The molecule has 2 heterocycles. The molecule has 0 atom stereocenters. The SMILES string of the molecule is Cc1ccc2c(-c3cc(C(=O)O)n(C)n3)cn(C)c2c1. The molecule has 3 rings (SSSR count). The van der Waals surface area contributed by atoms with E-state index in [4.69, 9.17) is 5.11 Å². The van der Waals surface area contributed by atoms with E-state index in [1.165, 1.54) is 10.2 Å². The molecule has 0 radical (unpaired) electrons. The Morgan fingerprint density at radius 1 is 1.25 bits per heavy atom. The minimum absolute atomic E-state index is 0.184. The van der Waals surface area contributed by atoms with Crippen LogP contribution in [0.2, 0.25) is 0 Å². The quantitative estimate of drug-likeness (QED) is 0.778. The fourth-order valence-electron chi connectivity index (χ4n) is 2.50. The zero-order valence-corrected chi connectivity index (χ0v) is 11.6. The van der Waals surface area contributed by atoms with Crippen molar-refractivity contribution in [1.82, 2.24) is 14.3 Å². The maximum absolute atomic E-state index is 11.1. The zero-order valence-electron chi connectivity index (χ0n) is 11.6. The van der Waals surface area contributed by atoms with Gasteiger partial charge in [-0.2, -0.15) is 5.10 Å². The minimum atomic E-state index is -0.970. The van der Waals surface area contributed by atoms with Gasteiger partial charge in [-0.3, -0.25) is 4.68 Å². The molecular formula is C15H15N3O2. The number of carboxylic acids is 1. The highest BCUT2D eigenvalue weighted by molar-refractivity contribution is 5.97. The van der Waals surface area contributed by atoms with Crippen LogP contribution >= 0.6 is 0 Å². The lowest BCUT2D eigenvalue weighted by molar-refractivity contribution is 0.0685. The second-order valence-electron chi connectivity index (χ2n) is 5.02. The van der Waals surface area contributed by atoms with Crippen LogP contribution in [0.3, 0.4) is 0 Å². The lowest BCUT2D eigenvalue weighted by atomic mass is 10.1. The van der Waals surface area contributed by atoms with E-state index >= 15 is 0 Å². The minimum Gasteiger partial charge on any atom is -0.477 e. The normalized spacial score (nSPS) is 11.2. The van der Waals surface area contributed by atoms with Crippen molar-refractivity contribution in [1.29, 1.82) is 0 Å². The molecule has 0 amide bonds. The maximum atomic E-state index is 11.1. The van der Waals surface area contributed by atoms with Crippen LogP contribution in [0.1, 0.15) is 16.1 Å². The highest BCUT2D eigenvalue weighted by atomic mass is 16.4. The second-order valence-corrected chi connectivity index (χ2v) is 5.02. The van der Waals surface area contributed by atoms with Crippen molar-refractivity contribution < 1.29 is 9.90 Å². The summed E-state index contributed by atoms with van der Waals surface area (Å²) in [4.78, 5) is 11.1. The fourth-order valence-corrected chi connectivity index (χ4v) is 2.50. The summed E-state index contributed by atoms with van der Waals surface area (Å²) in [6.07, 6.45) is 1.98. The summed E-state index contributed by atoms with van der Waals surface area (Å²) >= 11 is 0. The van der Waals surface area contributed by atoms with E-state index in [0.717, 1.165) is 16.5 Å². The monoisotopic (exact) mass is 269 g/mol. The Balaban J connectivity index is 2.25. The van der Waals surface area contributed by atoms with Crippen molar-refractivity contribution in [2.75, 3.05) is 0 Å². The molecule has 0 aliphatic carbocycles. The van der Waals surface area contributed by atoms with Gasteiger partial charge in [0.2, 0.25) is 0 Å². The number of nitrogens with zero attached hydrogens (tertiary/aromatic N) is 3.